The van der Waals surface area contributed by atoms with E-state index in [1.807, 2.05) is 0 Å². The molecule has 4 aromatic carbocycles. The highest BCUT2D eigenvalue weighted by atomic mass is 35.5. The average molecular weight is 1210 g/mol. The Morgan fingerprint density at radius 3 is 1.37 bits per heavy atom. The molecular formula is C49H46Cl4N6O10S6. The molecular weight excluding hydrogens is 1170 g/mol. The summed E-state index contributed by atoms with van der Waals surface area (Å²) in [6.07, 6.45) is 10.4. The first-order valence-corrected chi connectivity index (χ1v) is 32.2. The van der Waals surface area contributed by atoms with Crippen molar-refractivity contribution < 1.29 is 43.3 Å². The van der Waals surface area contributed by atoms with Gasteiger partial charge in [-0.1, -0.05) is 82.8 Å². The molecule has 3 fully saturated rings. The fourth-order valence-corrected chi connectivity index (χ4v) is 16.3. The predicted molar refractivity (Wildman–Crippen MR) is 292 cm³/mol. The van der Waals surface area contributed by atoms with E-state index in [0.29, 0.717) is 62.8 Å². The summed E-state index contributed by atoms with van der Waals surface area (Å²) in [7, 11) is -15.3. The van der Waals surface area contributed by atoms with E-state index >= 15 is 0 Å². The molecule has 1 aliphatic carbocycles. The molecule has 9 rings (SSSR count). The number of nitrogens with one attached hydrogen (secondary N) is 2. The summed E-state index contributed by atoms with van der Waals surface area (Å²) in [5, 5.41) is 0.498. The van der Waals surface area contributed by atoms with E-state index in [1.165, 1.54) is 93.1 Å². The largest absolute Gasteiger partial charge is 0.298 e. The van der Waals surface area contributed by atoms with Crippen molar-refractivity contribution in [1.82, 2.24) is 18.6 Å². The predicted octanol–water partition coefficient (Wildman–Crippen LogP) is 11.4. The number of halogens is 4. The van der Waals surface area contributed by atoms with Gasteiger partial charge in [-0.25, -0.2) is 43.6 Å². The molecule has 0 atom stereocenters. The highest BCUT2D eigenvalue weighted by Gasteiger charge is 2.33. The zero-order chi connectivity index (χ0) is 53.7. The van der Waals surface area contributed by atoms with E-state index in [1.54, 1.807) is 48.5 Å². The molecule has 2 aliphatic heterocycles. The third-order valence-electron chi connectivity index (χ3n) is 12.0. The first kappa shape index (κ1) is 56.9. The zero-order valence-corrected chi connectivity index (χ0v) is 47.3. The lowest BCUT2D eigenvalue weighted by atomic mass is 10.1. The normalized spacial score (nSPS) is 15.8. The Morgan fingerprint density at radius 1 is 0.547 bits per heavy atom. The molecule has 6 aromatic rings. The molecule has 26 heteroatoms. The van der Waals surface area contributed by atoms with E-state index in [9.17, 15) is 43.3 Å². The van der Waals surface area contributed by atoms with Gasteiger partial charge in [0, 0.05) is 85.2 Å². The monoisotopic (exact) mass is 1210 g/mol. The number of aromatic nitrogens is 2. The number of Topliss-reactive ketones (excluding diaryl/α,β-unsaturated/α-hetero) is 1. The summed E-state index contributed by atoms with van der Waals surface area (Å²) < 4.78 is 111. The number of hydrogen-bond acceptors (Lipinski definition) is 14. The van der Waals surface area contributed by atoms with Crippen LogP contribution in [0.2, 0.25) is 20.1 Å². The number of pyridine rings is 2. The van der Waals surface area contributed by atoms with Crippen LogP contribution in [-0.2, 0) is 40.1 Å². The minimum atomic E-state index is -4.09. The minimum Gasteiger partial charge on any atom is -0.298 e. The Balaban J connectivity index is 0.000000200. The van der Waals surface area contributed by atoms with E-state index in [2.05, 4.69) is 19.4 Å². The molecule has 0 radical (unpaired) electrons. The number of benzene rings is 4. The fraction of sp³-hybridized carbons (Fsp3) is 0.265. The van der Waals surface area contributed by atoms with Crippen LogP contribution in [0, 0.1) is 5.92 Å². The maximum absolute atomic E-state index is 13.1. The molecule has 3 aliphatic rings. The van der Waals surface area contributed by atoms with E-state index in [4.69, 9.17) is 46.4 Å². The number of nitrogens with zero attached hydrogens (tertiary/aromatic N) is 4. The number of hydrogen-bond donors (Lipinski definition) is 2. The van der Waals surface area contributed by atoms with Gasteiger partial charge in [-0.2, -0.15) is 8.61 Å². The summed E-state index contributed by atoms with van der Waals surface area (Å²) in [5.41, 5.74) is 0.558. The van der Waals surface area contributed by atoms with Gasteiger partial charge in [0.05, 0.1) is 19.8 Å². The van der Waals surface area contributed by atoms with Crippen LogP contribution in [0.15, 0.2) is 149 Å². The Kier molecular flexibility index (Phi) is 18.3. The van der Waals surface area contributed by atoms with Crippen LogP contribution >= 0.6 is 69.9 Å². The van der Waals surface area contributed by atoms with Gasteiger partial charge in [0.2, 0.25) is 20.0 Å². The summed E-state index contributed by atoms with van der Waals surface area (Å²) in [5.74, 6) is -0.277. The highest BCUT2D eigenvalue weighted by Crippen LogP contribution is 2.39. The summed E-state index contributed by atoms with van der Waals surface area (Å²) >= 11 is 26.3. The number of sulfonamides is 4. The molecule has 2 saturated heterocycles. The van der Waals surface area contributed by atoms with Gasteiger partial charge in [0.1, 0.15) is 21.4 Å². The molecule has 2 N–H and O–H groups in total. The molecule has 16 nitrogen and oxygen atoms in total. The third-order valence-corrected chi connectivity index (χ3v) is 22.1. The van der Waals surface area contributed by atoms with Gasteiger partial charge in [-0.3, -0.25) is 19.0 Å². The lowest BCUT2D eigenvalue weighted by Crippen LogP contribution is -2.35. The second-order valence-electron chi connectivity index (χ2n) is 17.4. The molecule has 0 spiro atoms. The second-order valence-corrected chi connectivity index (χ2v) is 28.5. The lowest BCUT2D eigenvalue weighted by molar-refractivity contribution is 0.0964. The Bertz CT molecular complexity index is 3590. The van der Waals surface area contributed by atoms with Gasteiger partial charge in [-0.15, -0.1) is 0 Å². The number of rotatable bonds is 17. The maximum Gasteiger partial charge on any atom is 0.264 e. The molecule has 4 heterocycles. The first-order chi connectivity index (χ1) is 35.6. The number of carbonyl (C=O) groups is 2. The Labute approximate surface area is 464 Å². The molecule has 0 unspecified atom stereocenters. The summed E-state index contributed by atoms with van der Waals surface area (Å²) in [4.78, 5) is 35.7. The van der Waals surface area contributed by atoms with Crippen molar-refractivity contribution in [3.8, 4) is 0 Å². The van der Waals surface area contributed by atoms with Crippen LogP contribution in [0.1, 0.15) is 72.1 Å². The van der Waals surface area contributed by atoms with E-state index < -0.39 is 40.1 Å². The third kappa shape index (κ3) is 14.1. The van der Waals surface area contributed by atoms with Gasteiger partial charge < -0.3 is 0 Å². The van der Waals surface area contributed by atoms with Gasteiger partial charge in [0.25, 0.3) is 20.0 Å². The van der Waals surface area contributed by atoms with Gasteiger partial charge >= 0.3 is 0 Å². The van der Waals surface area contributed by atoms with Crippen molar-refractivity contribution in [1.29, 1.82) is 0 Å². The fourth-order valence-electron chi connectivity index (χ4n) is 7.92. The van der Waals surface area contributed by atoms with E-state index in [-0.39, 0.29) is 58.5 Å². The number of carbonyl (C=O) groups excluding carboxylic acids is 2. The maximum atomic E-state index is 13.1. The van der Waals surface area contributed by atoms with Crippen LogP contribution in [0.5, 0.6) is 0 Å². The van der Waals surface area contributed by atoms with Crippen molar-refractivity contribution in [3.63, 3.8) is 0 Å². The number of piperidine rings is 2. The van der Waals surface area contributed by atoms with Crippen molar-refractivity contribution in [2.45, 2.75) is 90.5 Å². The quantitative estimate of drug-likeness (QED) is 0.0640. The van der Waals surface area contributed by atoms with Crippen molar-refractivity contribution in [2.24, 2.45) is 5.92 Å². The summed E-state index contributed by atoms with van der Waals surface area (Å²) in [6.45, 7) is 2.09. The standard InChI is InChI=1S/C26H25Cl2N3O5S3.C23H21Cl2N3O5S3/c27-18-6-11-24(22(28)14-18)38(33,34)30-25-15-21(26(32)17-4-5-17)23(16-29-25)37-19-7-9-20(10-8-19)39(35,36)31-12-2-1-3-13-31;24-17-4-9-22(20(25)13-17)35(30,31)27-23-12-16(15-29)21(14-26-23)34-18-5-7-19(8-6-18)36(32,33)28-10-2-1-3-11-28/h6-11,14-17H,1-5,12-13H2,(H,29,30);4-9,12-15H,1-3,10-11H2,(H,26,27). The number of aldehydes is 1. The van der Waals surface area contributed by atoms with Crippen LogP contribution in [-0.4, -0.2) is 90.5 Å². The first-order valence-electron chi connectivity index (χ1n) is 23.2. The number of ketones is 1. The minimum absolute atomic E-state index is 0.0164. The van der Waals surface area contributed by atoms with Gasteiger partial charge in [-0.05, 0) is 136 Å². The smallest absolute Gasteiger partial charge is 0.264 e. The summed E-state index contributed by atoms with van der Waals surface area (Å²) in [6, 6.07) is 23.7. The van der Waals surface area contributed by atoms with Crippen LogP contribution in [0.3, 0.4) is 0 Å². The Morgan fingerprint density at radius 2 is 0.960 bits per heavy atom. The molecule has 396 valence electrons. The Hall–Kier alpha value is -4.30. The molecule has 0 amide bonds. The van der Waals surface area contributed by atoms with Crippen molar-refractivity contribution in [2.75, 3.05) is 35.6 Å². The zero-order valence-electron chi connectivity index (χ0n) is 39.4. The molecule has 1 saturated carbocycles. The van der Waals surface area contributed by atoms with Crippen LogP contribution in [0.4, 0.5) is 11.6 Å². The lowest BCUT2D eigenvalue weighted by Gasteiger charge is -2.25. The van der Waals surface area contributed by atoms with Gasteiger partial charge in [0.15, 0.2) is 12.1 Å². The van der Waals surface area contributed by atoms with Crippen LogP contribution < -0.4 is 9.44 Å². The second kappa shape index (κ2) is 24.2. The number of anilines is 2. The SMILES string of the molecule is O=C(c1cc(NS(=O)(=O)c2ccc(Cl)cc2Cl)ncc1Sc1ccc(S(=O)(=O)N2CCCCC2)cc1)C1CC1.O=Cc1cc(NS(=O)(=O)c2ccc(Cl)cc2Cl)ncc1Sc1ccc(S(=O)(=O)N2CCCCC2)cc1. The topological polar surface area (TPSA) is 227 Å². The van der Waals surface area contributed by atoms with Crippen molar-refractivity contribution >= 4 is 134 Å². The molecule has 75 heavy (non-hydrogen) atoms. The van der Waals surface area contributed by atoms with Crippen LogP contribution in [0.25, 0.3) is 0 Å². The van der Waals surface area contributed by atoms with E-state index in [0.717, 1.165) is 56.3 Å². The van der Waals surface area contributed by atoms with Crippen molar-refractivity contribution in [3.05, 3.63) is 141 Å². The highest BCUT2D eigenvalue weighted by molar-refractivity contribution is 7.99. The molecule has 2 aromatic heterocycles. The molecule has 0 bridgehead atoms. The average Bonchev–Trinajstić information content (AvgIpc) is 4.24.